The van der Waals surface area contributed by atoms with E-state index in [1.807, 2.05) is 25.1 Å². The Labute approximate surface area is 82.9 Å². The normalized spacial score (nSPS) is 13.4. The van der Waals surface area contributed by atoms with Crippen LogP contribution in [0.25, 0.3) is 11.0 Å². The molecule has 0 amide bonds. The first-order valence-electron chi connectivity index (χ1n) is 4.86. The molecule has 1 unspecified atom stereocenters. The highest BCUT2D eigenvalue weighted by Crippen LogP contribution is 2.25. The van der Waals surface area contributed by atoms with E-state index < -0.39 is 0 Å². The quantitative estimate of drug-likeness (QED) is 0.791. The van der Waals surface area contributed by atoms with Crippen LogP contribution < -0.4 is 5.73 Å². The first-order valence-corrected chi connectivity index (χ1v) is 4.86. The SMILES string of the molecule is CCc1noc2c(C(C)N)cccc12. The maximum absolute atomic E-state index is 5.84. The number of rotatable bonds is 2. The molecule has 0 fully saturated rings. The average molecular weight is 190 g/mol. The molecule has 0 aliphatic rings. The van der Waals surface area contributed by atoms with Gasteiger partial charge >= 0.3 is 0 Å². The molecular weight excluding hydrogens is 176 g/mol. The van der Waals surface area contributed by atoms with Crippen LogP contribution in [0.1, 0.15) is 31.1 Å². The lowest BCUT2D eigenvalue weighted by atomic mass is 10.1. The molecule has 1 aromatic heterocycles. The van der Waals surface area contributed by atoms with Crippen molar-refractivity contribution in [3.05, 3.63) is 29.5 Å². The van der Waals surface area contributed by atoms with Crippen LogP contribution in [0, 0.1) is 0 Å². The Morgan fingerprint density at radius 2 is 2.29 bits per heavy atom. The fraction of sp³-hybridized carbons (Fsp3) is 0.364. The van der Waals surface area contributed by atoms with Crippen molar-refractivity contribution in [2.24, 2.45) is 5.73 Å². The highest BCUT2D eigenvalue weighted by atomic mass is 16.5. The third-order valence-electron chi connectivity index (χ3n) is 2.43. The zero-order chi connectivity index (χ0) is 10.1. The van der Waals surface area contributed by atoms with Gasteiger partial charge in [-0.2, -0.15) is 0 Å². The molecule has 2 rings (SSSR count). The minimum Gasteiger partial charge on any atom is -0.356 e. The van der Waals surface area contributed by atoms with Crippen molar-refractivity contribution in [3.63, 3.8) is 0 Å². The van der Waals surface area contributed by atoms with Crippen molar-refractivity contribution >= 4 is 11.0 Å². The Balaban J connectivity index is 2.70. The van der Waals surface area contributed by atoms with Crippen LogP contribution >= 0.6 is 0 Å². The summed E-state index contributed by atoms with van der Waals surface area (Å²) in [7, 11) is 0. The fourth-order valence-corrected chi connectivity index (χ4v) is 1.65. The van der Waals surface area contributed by atoms with Crippen molar-refractivity contribution in [2.75, 3.05) is 0 Å². The monoisotopic (exact) mass is 190 g/mol. The van der Waals surface area contributed by atoms with E-state index in [1.54, 1.807) is 0 Å². The number of hydrogen-bond donors (Lipinski definition) is 1. The summed E-state index contributed by atoms with van der Waals surface area (Å²) in [6.45, 7) is 4.01. The molecule has 3 nitrogen and oxygen atoms in total. The van der Waals surface area contributed by atoms with Gasteiger partial charge in [-0.05, 0) is 19.4 Å². The standard InChI is InChI=1S/C11H14N2O/c1-3-10-9-6-4-5-8(7(2)12)11(9)14-13-10/h4-7H,3,12H2,1-2H3. The van der Waals surface area contributed by atoms with E-state index in [1.165, 1.54) is 0 Å². The molecule has 0 saturated heterocycles. The van der Waals surface area contributed by atoms with E-state index in [0.717, 1.165) is 28.6 Å². The molecule has 1 aromatic carbocycles. The van der Waals surface area contributed by atoms with Crippen molar-refractivity contribution < 1.29 is 4.52 Å². The van der Waals surface area contributed by atoms with Crippen LogP contribution in [0.5, 0.6) is 0 Å². The van der Waals surface area contributed by atoms with Crippen molar-refractivity contribution in [1.29, 1.82) is 0 Å². The zero-order valence-electron chi connectivity index (χ0n) is 8.45. The van der Waals surface area contributed by atoms with Gasteiger partial charge < -0.3 is 10.3 Å². The molecule has 2 N–H and O–H groups in total. The second kappa shape index (κ2) is 3.42. The maximum atomic E-state index is 5.84. The lowest BCUT2D eigenvalue weighted by molar-refractivity contribution is 0.443. The van der Waals surface area contributed by atoms with Gasteiger partial charge in [0.2, 0.25) is 0 Å². The van der Waals surface area contributed by atoms with Gasteiger partial charge in [0.05, 0.1) is 5.69 Å². The predicted molar refractivity (Wildman–Crippen MR) is 56.0 cm³/mol. The van der Waals surface area contributed by atoms with Crippen LogP contribution in [0.3, 0.4) is 0 Å². The minimum atomic E-state index is -0.0173. The average Bonchev–Trinajstić information content (AvgIpc) is 2.59. The van der Waals surface area contributed by atoms with Gasteiger partial charge in [0.15, 0.2) is 5.58 Å². The van der Waals surface area contributed by atoms with E-state index in [2.05, 4.69) is 12.1 Å². The summed E-state index contributed by atoms with van der Waals surface area (Å²) in [5.74, 6) is 0. The molecular formula is C11H14N2O. The van der Waals surface area contributed by atoms with Crippen LogP contribution in [-0.2, 0) is 6.42 Å². The number of fused-ring (bicyclic) bond motifs is 1. The molecule has 1 heterocycles. The number of hydrogen-bond acceptors (Lipinski definition) is 3. The molecule has 0 spiro atoms. The molecule has 74 valence electrons. The third-order valence-corrected chi connectivity index (χ3v) is 2.43. The summed E-state index contributed by atoms with van der Waals surface area (Å²) in [5.41, 5.74) is 8.70. The van der Waals surface area contributed by atoms with E-state index in [0.29, 0.717) is 0 Å². The van der Waals surface area contributed by atoms with E-state index in [4.69, 9.17) is 10.3 Å². The van der Waals surface area contributed by atoms with Crippen molar-refractivity contribution in [2.45, 2.75) is 26.3 Å². The number of para-hydroxylation sites is 1. The van der Waals surface area contributed by atoms with Crippen LogP contribution in [0.15, 0.2) is 22.7 Å². The van der Waals surface area contributed by atoms with Gasteiger partial charge in [0.25, 0.3) is 0 Å². The zero-order valence-corrected chi connectivity index (χ0v) is 8.45. The first-order chi connectivity index (χ1) is 6.74. The van der Waals surface area contributed by atoms with E-state index >= 15 is 0 Å². The van der Waals surface area contributed by atoms with Gasteiger partial charge in [-0.15, -0.1) is 0 Å². The van der Waals surface area contributed by atoms with Gasteiger partial charge in [-0.25, -0.2) is 0 Å². The maximum Gasteiger partial charge on any atom is 0.171 e. The smallest absolute Gasteiger partial charge is 0.171 e. The summed E-state index contributed by atoms with van der Waals surface area (Å²) >= 11 is 0. The van der Waals surface area contributed by atoms with Crippen LogP contribution in [0.4, 0.5) is 0 Å². The summed E-state index contributed by atoms with van der Waals surface area (Å²) in [4.78, 5) is 0. The fourth-order valence-electron chi connectivity index (χ4n) is 1.65. The largest absolute Gasteiger partial charge is 0.356 e. The van der Waals surface area contributed by atoms with Crippen molar-refractivity contribution in [1.82, 2.24) is 5.16 Å². The number of nitrogens with zero attached hydrogens (tertiary/aromatic N) is 1. The summed E-state index contributed by atoms with van der Waals surface area (Å²) in [6.07, 6.45) is 0.884. The molecule has 14 heavy (non-hydrogen) atoms. The first kappa shape index (κ1) is 9.21. The lowest BCUT2D eigenvalue weighted by Gasteiger charge is -2.04. The number of aromatic nitrogens is 1. The summed E-state index contributed by atoms with van der Waals surface area (Å²) in [5, 5.41) is 5.11. The van der Waals surface area contributed by atoms with Crippen molar-refractivity contribution in [3.8, 4) is 0 Å². The third kappa shape index (κ3) is 1.30. The number of nitrogens with two attached hydrogens (primary N) is 1. The Bertz CT molecular complexity index is 445. The number of aryl methyl sites for hydroxylation is 1. The Morgan fingerprint density at radius 1 is 1.50 bits per heavy atom. The minimum absolute atomic E-state index is 0.0173. The highest BCUT2D eigenvalue weighted by molar-refractivity contribution is 5.82. The molecule has 2 aromatic rings. The summed E-state index contributed by atoms with van der Waals surface area (Å²) < 4.78 is 5.30. The molecule has 0 saturated carbocycles. The Hall–Kier alpha value is -1.35. The van der Waals surface area contributed by atoms with E-state index in [-0.39, 0.29) is 6.04 Å². The topological polar surface area (TPSA) is 52.0 Å². The van der Waals surface area contributed by atoms with Gasteiger partial charge in [0.1, 0.15) is 0 Å². The van der Waals surface area contributed by atoms with Gasteiger partial charge in [-0.1, -0.05) is 24.2 Å². The molecule has 1 atom stereocenters. The van der Waals surface area contributed by atoms with Gasteiger partial charge in [0, 0.05) is 17.0 Å². The van der Waals surface area contributed by atoms with Crippen LogP contribution in [0.2, 0.25) is 0 Å². The van der Waals surface area contributed by atoms with Crippen LogP contribution in [-0.4, -0.2) is 5.16 Å². The van der Waals surface area contributed by atoms with E-state index in [9.17, 15) is 0 Å². The highest BCUT2D eigenvalue weighted by Gasteiger charge is 2.12. The molecule has 0 bridgehead atoms. The van der Waals surface area contributed by atoms with Gasteiger partial charge in [-0.3, -0.25) is 0 Å². The summed E-state index contributed by atoms with van der Waals surface area (Å²) in [6, 6.07) is 5.99. The number of benzene rings is 1. The second-order valence-electron chi connectivity index (χ2n) is 3.50. The Kier molecular flexibility index (Phi) is 2.25. The predicted octanol–water partition coefficient (Wildman–Crippen LogP) is 2.41. The molecule has 3 heteroatoms. The molecule has 0 aliphatic heterocycles. The Morgan fingerprint density at radius 3 is 2.93 bits per heavy atom. The lowest BCUT2D eigenvalue weighted by Crippen LogP contribution is -2.04. The second-order valence-corrected chi connectivity index (χ2v) is 3.50. The molecule has 0 aliphatic carbocycles. The molecule has 0 radical (unpaired) electrons.